The Hall–Kier alpha value is -3.28. The Morgan fingerprint density at radius 1 is 1.30 bits per heavy atom. The third-order valence-electron chi connectivity index (χ3n) is 4.56. The first-order chi connectivity index (χ1) is 14.1. The van der Waals surface area contributed by atoms with Gasteiger partial charge in [0, 0.05) is 12.1 Å². The average Bonchev–Trinajstić information content (AvgIpc) is 2.66. The molecule has 9 heteroatoms. The van der Waals surface area contributed by atoms with Crippen LogP contribution in [-0.4, -0.2) is 17.5 Å². The summed E-state index contributed by atoms with van der Waals surface area (Å²) in [5.41, 5.74) is 0.191. The lowest BCUT2D eigenvalue weighted by Crippen LogP contribution is -2.19. The molecule has 0 fully saturated rings. The second kappa shape index (κ2) is 9.48. The van der Waals surface area contributed by atoms with Gasteiger partial charge < -0.3 is 15.0 Å². The number of H-pyrrole nitrogens is 1. The SMILES string of the molecule is CCCOc1ccc(C(F)(F)F)cc1NC(=O)CCc1c(C)[nH]c(=O)c(C#N)c1C. The van der Waals surface area contributed by atoms with Gasteiger partial charge in [0.2, 0.25) is 5.91 Å². The Bertz CT molecular complexity index is 1040. The smallest absolute Gasteiger partial charge is 0.416 e. The summed E-state index contributed by atoms with van der Waals surface area (Å²) in [7, 11) is 0. The van der Waals surface area contributed by atoms with Gasteiger partial charge in [-0.3, -0.25) is 9.59 Å². The van der Waals surface area contributed by atoms with Crippen molar-refractivity contribution in [2.24, 2.45) is 0 Å². The molecule has 0 aliphatic rings. The molecule has 1 aromatic heterocycles. The number of nitrogens with zero attached hydrogens (tertiary/aromatic N) is 1. The Kier molecular flexibility index (Phi) is 7.27. The van der Waals surface area contributed by atoms with E-state index in [2.05, 4.69) is 10.3 Å². The number of alkyl halides is 3. The van der Waals surface area contributed by atoms with Gasteiger partial charge in [0.05, 0.1) is 17.9 Å². The molecule has 0 bridgehead atoms. The fraction of sp³-hybridized carbons (Fsp3) is 0.381. The topological polar surface area (TPSA) is 95.0 Å². The molecule has 0 unspecified atom stereocenters. The summed E-state index contributed by atoms with van der Waals surface area (Å²) in [5.74, 6) is -0.361. The monoisotopic (exact) mass is 421 g/mol. The maximum atomic E-state index is 13.0. The molecule has 1 aromatic carbocycles. The zero-order chi connectivity index (χ0) is 22.5. The Balaban J connectivity index is 2.22. The fourth-order valence-electron chi connectivity index (χ4n) is 3.01. The average molecular weight is 421 g/mol. The number of aromatic nitrogens is 1. The van der Waals surface area contributed by atoms with E-state index in [1.54, 1.807) is 13.8 Å². The first-order valence-electron chi connectivity index (χ1n) is 9.34. The van der Waals surface area contributed by atoms with Crippen molar-refractivity contribution >= 4 is 11.6 Å². The van der Waals surface area contributed by atoms with Crippen molar-refractivity contribution in [3.05, 3.63) is 56.5 Å². The Labute approximate surface area is 171 Å². The Morgan fingerprint density at radius 3 is 2.60 bits per heavy atom. The van der Waals surface area contributed by atoms with E-state index in [9.17, 15) is 22.8 Å². The number of aromatic amines is 1. The van der Waals surface area contributed by atoms with Crippen LogP contribution in [0.25, 0.3) is 0 Å². The number of aryl methyl sites for hydroxylation is 1. The third kappa shape index (κ3) is 5.41. The van der Waals surface area contributed by atoms with Crippen molar-refractivity contribution in [3.8, 4) is 11.8 Å². The van der Waals surface area contributed by atoms with Gasteiger partial charge in [-0.1, -0.05) is 6.92 Å². The zero-order valence-electron chi connectivity index (χ0n) is 16.9. The van der Waals surface area contributed by atoms with Gasteiger partial charge in [-0.15, -0.1) is 0 Å². The minimum atomic E-state index is -4.55. The molecule has 2 aromatic rings. The number of amides is 1. The fourth-order valence-corrected chi connectivity index (χ4v) is 3.01. The second-order valence-electron chi connectivity index (χ2n) is 6.77. The molecular weight excluding hydrogens is 399 g/mol. The lowest BCUT2D eigenvalue weighted by molar-refractivity contribution is -0.137. The minimum absolute atomic E-state index is 0.0239. The molecular formula is C21H22F3N3O3. The van der Waals surface area contributed by atoms with Crippen molar-refractivity contribution in [3.63, 3.8) is 0 Å². The number of hydrogen-bond donors (Lipinski definition) is 2. The van der Waals surface area contributed by atoms with Gasteiger partial charge >= 0.3 is 6.18 Å². The number of halogens is 3. The summed E-state index contributed by atoms with van der Waals surface area (Å²) in [6.45, 7) is 5.43. The summed E-state index contributed by atoms with van der Waals surface area (Å²) < 4.78 is 44.6. The first-order valence-corrected chi connectivity index (χ1v) is 9.34. The van der Waals surface area contributed by atoms with Crippen LogP contribution in [0.5, 0.6) is 5.75 Å². The molecule has 6 nitrogen and oxygen atoms in total. The van der Waals surface area contributed by atoms with Crippen molar-refractivity contribution < 1.29 is 22.7 Å². The highest BCUT2D eigenvalue weighted by Crippen LogP contribution is 2.35. The van der Waals surface area contributed by atoms with Crippen LogP contribution in [0.1, 0.15) is 47.7 Å². The minimum Gasteiger partial charge on any atom is -0.491 e. The summed E-state index contributed by atoms with van der Waals surface area (Å²) >= 11 is 0. The highest BCUT2D eigenvalue weighted by atomic mass is 19.4. The number of ether oxygens (including phenoxy) is 1. The summed E-state index contributed by atoms with van der Waals surface area (Å²) in [6.07, 6.45) is -3.75. The largest absolute Gasteiger partial charge is 0.491 e. The molecule has 0 aliphatic heterocycles. The lowest BCUT2D eigenvalue weighted by atomic mass is 9.99. The van der Waals surface area contributed by atoms with Crippen LogP contribution >= 0.6 is 0 Å². The molecule has 0 radical (unpaired) electrons. The van der Waals surface area contributed by atoms with Crippen LogP contribution in [0.15, 0.2) is 23.0 Å². The highest BCUT2D eigenvalue weighted by Gasteiger charge is 2.31. The predicted octanol–water partition coefficient (Wildman–Crippen LogP) is 4.24. The van der Waals surface area contributed by atoms with Crippen molar-refractivity contribution in [2.45, 2.75) is 46.2 Å². The molecule has 0 saturated heterocycles. The van der Waals surface area contributed by atoms with Gasteiger partial charge in [0.25, 0.3) is 5.56 Å². The van der Waals surface area contributed by atoms with Crippen LogP contribution in [0.2, 0.25) is 0 Å². The molecule has 0 aliphatic carbocycles. The standard InChI is InChI=1S/C21H22F3N3O3/c1-4-9-30-18-7-5-14(21(22,23)24)10-17(18)27-19(28)8-6-15-12(2)16(11-25)20(29)26-13(15)3/h5,7,10H,4,6,8-9H2,1-3H3,(H,26,29)(H,27,28). The molecule has 0 atom stereocenters. The lowest BCUT2D eigenvalue weighted by Gasteiger charge is -2.15. The molecule has 160 valence electrons. The number of carbonyl (C=O) groups excluding carboxylic acids is 1. The van der Waals surface area contributed by atoms with E-state index in [0.717, 1.165) is 12.1 Å². The van der Waals surface area contributed by atoms with Gasteiger partial charge in [-0.2, -0.15) is 18.4 Å². The number of nitrogens with one attached hydrogen (secondary N) is 2. The first kappa shape index (κ1) is 23.0. The van der Waals surface area contributed by atoms with E-state index in [4.69, 9.17) is 10.00 Å². The number of pyridine rings is 1. The normalized spacial score (nSPS) is 11.1. The van der Waals surface area contributed by atoms with E-state index in [-0.39, 0.29) is 29.8 Å². The van der Waals surface area contributed by atoms with Gasteiger partial charge in [0.1, 0.15) is 17.4 Å². The van der Waals surface area contributed by atoms with E-state index in [1.165, 1.54) is 6.07 Å². The molecule has 2 rings (SSSR count). The van der Waals surface area contributed by atoms with Crippen LogP contribution in [0.3, 0.4) is 0 Å². The molecule has 1 amide bonds. The third-order valence-corrected chi connectivity index (χ3v) is 4.56. The maximum absolute atomic E-state index is 13.0. The number of anilines is 1. The molecule has 0 saturated carbocycles. The van der Waals surface area contributed by atoms with E-state index >= 15 is 0 Å². The Morgan fingerprint density at radius 2 is 2.00 bits per heavy atom. The predicted molar refractivity (Wildman–Crippen MR) is 105 cm³/mol. The van der Waals surface area contributed by atoms with Crippen molar-refractivity contribution in [2.75, 3.05) is 11.9 Å². The van der Waals surface area contributed by atoms with Crippen LogP contribution in [0.4, 0.5) is 18.9 Å². The molecule has 0 spiro atoms. The zero-order valence-corrected chi connectivity index (χ0v) is 16.9. The van der Waals surface area contributed by atoms with Gasteiger partial charge in [-0.05, 0) is 56.0 Å². The molecule has 1 heterocycles. The molecule has 2 N–H and O–H groups in total. The van der Waals surface area contributed by atoms with E-state index < -0.39 is 23.2 Å². The summed E-state index contributed by atoms with van der Waals surface area (Å²) in [5, 5.41) is 11.6. The number of nitriles is 1. The van der Waals surface area contributed by atoms with E-state index in [1.807, 2.05) is 13.0 Å². The second-order valence-corrected chi connectivity index (χ2v) is 6.77. The van der Waals surface area contributed by atoms with E-state index in [0.29, 0.717) is 29.8 Å². The number of carbonyl (C=O) groups is 1. The van der Waals surface area contributed by atoms with Crippen molar-refractivity contribution in [1.29, 1.82) is 5.26 Å². The van der Waals surface area contributed by atoms with Gasteiger partial charge in [-0.25, -0.2) is 0 Å². The molecule has 30 heavy (non-hydrogen) atoms. The highest BCUT2D eigenvalue weighted by molar-refractivity contribution is 5.92. The van der Waals surface area contributed by atoms with Crippen LogP contribution in [-0.2, 0) is 17.4 Å². The number of hydrogen-bond acceptors (Lipinski definition) is 4. The maximum Gasteiger partial charge on any atom is 0.416 e. The summed E-state index contributed by atoms with van der Waals surface area (Å²) in [4.78, 5) is 26.8. The van der Waals surface area contributed by atoms with Crippen LogP contribution in [0, 0.1) is 25.2 Å². The summed E-state index contributed by atoms with van der Waals surface area (Å²) in [6, 6.07) is 4.76. The quantitative estimate of drug-likeness (QED) is 0.699. The number of rotatable bonds is 7. The van der Waals surface area contributed by atoms with Gasteiger partial charge in [0.15, 0.2) is 0 Å². The van der Waals surface area contributed by atoms with Crippen molar-refractivity contribution in [1.82, 2.24) is 4.98 Å². The number of benzene rings is 1. The van der Waals surface area contributed by atoms with Crippen LogP contribution < -0.4 is 15.6 Å².